The molecule has 0 spiro atoms. The van der Waals surface area contributed by atoms with Crippen LogP contribution in [0.1, 0.15) is 117 Å². The number of aliphatic hydroxyl groups excluding tert-OH is 2. The molecule has 2 aromatic carbocycles. The maximum atomic E-state index is 11.0. The van der Waals surface area contributed by atoms with Gasteiger partial charge in [-0.05, 0) is 101 Å². The van der Waals surface area contributed by atoms with Gasteiger partial charge in [0.1, 0.15) is 0 Å². The third kappa shape index (κ3) is 9.47. The monoisotopic (exact) mass is 777 g/mol. The fourth-order valence-electron chi connectivity index (χ4n) is 7.92. The maximum Gasteiger partial charge on any atom is 0.0624 e. The molecule has 3 aromatic rings. The molecule has 0 amide bonds. The largest absolute Gasteiger partial charge is 0.392 e. The number of benzene rings is 2. The molecule has 1 aromatic heterocycles. The van der Waals surface area contributed by atoms with Crippen LogP contribution in [0.3, 0.4) is 0 Å². The molecule has 2 aliphatic carbocycles. The van der Waals surface area contributed by atoms with Crippen molar-refractivity contribution < 1.29 is 30.3 Å². The first-order valence-corrected chi connectivity index (χ1v) is 16.8. The van der Waals surface area contributed by atoms with Gasteiger partial charge in [-0.15, -0.1) is 34.9 Å². The molecule has 2 aliphatic rings. The summed E-state index contributed by atoms with van der Waals surface area (Å²) in [5.41, 5.74) is 6.37. The van der Waals surface area contributed by atoms with Gasteiger partial charge in [-0.25, -0.2) is 0 Å². The van der Waals surface area contributed by atoms with Crippen LogP contribution in [-0.2, 0) is 20.1 Å². The predicted octanol–water partition coefficient (Wildman–Crippen LogP) is 10.1. The second kappa shape index (κ2) is 14.9. The second-order valence-electron chi connectivity index (χ2n) is 16.6. The van der Waals surface area contributed by atoms with E-state index in [2.05, 4.69) is 117 Å². The van der Waals surface area contributed by atoms with Gasteiger partial charge in [0, 0.05) is 32.2 Å². The normalized spacial score (nSPS) is 25.6. The molecule has 0 saturated heterocycles. The molecule has 2 unspecified atom stereocenters. The Morgan fingerprint density at radius 3 is 1.89 bits per heavy atom. The average Bonchev–Trinajstić information content (AvgIpc) is 2.89. The summed E-state index contributed by atoms with van der Waals surface area (Å²) in [6, 6.07) is 16.5. The number of aryl methyl sites for hydroxylation is 2. The Hall–Kier alpha value is -1.58. The summed E-state index contributed by atoms with van der Waals surface area (Å²) in [5, 5.41) is 24.4. The van der Waals surface area contributed by atoms with E-state index in [0.29, 0.717) is 23.7 Å². The van der Waals surface area contributed by atoms with Crippen LogP contribution in [0.25, 0.3) is 22.0 Å². The number of aliphatic hydroxyl groups is 2. The standard InChI is InChI=1S/C20H20N.C20H38O2.Ir/c1-13(2)17-6-5-16-7-8-21-20(19(16)12-17)18-10-14(3)9-15(4)11-18;1-19(2,3)11-14-9-7-13-8-10-15(12-20(4,5)6)18(22)16(13)17(14)21;/h5-10,12-13H,1-4H3;13-18,21-22H,7-12H2,1-6H3;/q-1;;/t;13?,14-,15-,16?,17?,18?;/m.1./s1. The van der Waals surface area contributed by atoms with E-state index in [-0.39, 0.29) is 49.1 Å². The Labute approximate surface area is 282 Å². The minimum atomic E-state index is -0.309. The Balaban J connectivity index is 0.000000235. The maximum absolute atomic E-state index is 11.0. The molecule has 3 nitrogen and oxygen atoms in total. The molecule has 0 aliphatic heterocycles. The van der Waals surface area contributed by atoms with Crippen LogP contribution in [0.15, 0.2) is 42.6 Å². The molecule has 245 valence electrons. The minimum absolute atomic E-state index is 0. The van der Waals surface area contributed by atoms with Crippen molar-refractivity contribution in [1.29, 1.82) is 0 Å². The summed E-state index contributed by atoms with van der Waals surface area (Å²) >= 11 is 0. The summed E-state index contributed by atoms with van der Waals surface area (Å²) in [5.74, 6) is 1.90. The molecule has 4 heteroatoms. The Bertz CT molecular complexity index is 1310. The van der Waals surface area contributed by atoms with Crippen molar-refractivity contribution in [2.45, 2.75) is 126 Å². The Kier molecular flexibility index (Phi) is 12.5. The van der Waals surface area contributed by atoms with E-state index < -0.39 is 0 Å². The Morgan fingerprint density at radius 2 is 1.39 bits per heavy atom. The topological polar surface area (TPSA) is 53.4 Å². The summed E-state index contributed by atoms with van der Waals surface area (Å²) in [7, 11) is 0. The van der Waals surface area contributed by atoms with Crippen LogP contribution in [0.2, 0.25) is 0 Å². The predicted molar refractivity (Wildman–Crippen MR) is 182 cm³/mol. The zero-order valence-electron chi connectivity index (χ0n) is 29.0. The zero-order valence-corrected chi connectivity index (χ0v) is 31.4. The van der Waals surface area contributed by atoms with Crippen molar-refractivity contribution in [2.75, 3.05) is 0 Å². The van der Waals surface area contributed by atoms with E-state index in [0.717, 1.165) is 42.5 Å². The number of hydrogen-bond acceptors (Lipinski definition) is 3. The van der Waals surface area contributed by atoms with Crippen LogP contribution >= 0.6 is 0 Å². The van der Waals surface area contributed by atoms with Crippen LogP contribution in [-0.4, -0.2) is 27.4 Å². The molecule has 0 bridgehead atoms. The van der Waals surface area contributed by atoms with Gasteiger partial charge in [0.05, 0.1) is 12.2 Å². The summed E-state index contributed by atoms with van der Waals surface area (Å²) in [4.78, 5) is 4.63. The van der Waals surface area contributed by atoms with Crippen molar-refractivity contribution >= 4 is 10.8 Å². The second-order valence-corrected chi connectivity index (χ2v) is 16.6. The van der Waals surface area contributed by atoms with Crippen molar-refractivity contribution in [3.05, 3.63) is 65.4 Å². The van der Waals surface area contributed by atoms with E-state index in [9.17, 15) is 10.2 Å². The SMILES string of the molecule is CC(C)(C)C[C@H]1CCC2CC[C@H](CC(C)(C)C)C(O)C2C1O.Cc1[c-]c(-c2nccc3ccc(C(C)C)cc23)cc(C)c1.[Ir]. The molecule has 1 heterocycles. The Morgan fingerprint density at radius 1 is 0.818 bits per heavy atom. The smallest absolute Gasteiger partial charge is 0.0624 e. The van der Waals surface area contributed by atoms with E-state index in [4.69, 9.17) is 0 Å². The number of hydrogen-bond donors (Lipinski definition) is 2. The van der Waals surface area contributed by atoms with Crippen LogP contribution in [0.5, 0.6) is 0 Å². The van der Waals surface area contributed by atoms with Crippen molar-refractivity contribution in [3.8, 4) is 11.3 Å². The van der Waals surface area contributed by atoms with Gasteiger partial charge in [0.25, 0.3) is 0 Å². The van der Waals surface area contributed by atoms with Crippen LogP contribution in [0, 0.1) is 54.4 Å². The van der Waals surface area contributed by atoms with Gasteiger partial charge in [-0.3, -0.25) is 0 Å². The number of aromatic nitrogens is 1. The minimum Gasteiger partial charge on any atom is -0.392 e. The summed E-state index contributed by atoms with van der Waals surface area (Å²) in [6.07, 6.45) is 8.06. The first kappa shape index (κ1) is 36.9. The van der Waals surface area contributed by atoms with Crippen molar-refractivity contribution in [2.24, 2.45) is 34.5 Å². The zero-order chi connectivity index (χ0) is 31.7. The van der Waals surface area contributed by atoms with Gasteiger partial charge < -0.3 is 15.2 Å². The van der Waals surface area contributed by atoms with Crippen molar-refractivity contribution in [3.63, 3.8) is 0 Å². The molecular formula is C40H58IrNO2-. The van der Waals surface area contributed by atoms with E-state index in [1.807, 2.05) is 6.20 Å². The number of pyridine rings is 1. The molecule has 4 atom stereocenters. The fourth-order valence-corrected chi connectivity index (χ4v) is 7.92. The molecular weight excluding hydrogens is 719 g/mol. The molecule has 2 saturated carbocycles. The number of nitrogens with zero attached hydrogens (tertiary/aromatic N) is 1. The van der Waals surface area contributed by atoms with E-state index in [1.165, 1.54) is 34.7 Å². The van der Waals surface area contributed by atoms with E-state index in [1.54, 1.807) is 0 Å². The van der Waals surface area contributed by atoms with Crippen molar-refractivity contribution in [1.82, 2.24) is 4.98 Å². The quantitative estimate of drug-likeness (QED) is 0.260. The molecule has 5 rings (SSSR count). The third-order valence-corrected chi connectivity index (χ3v) is 9.72. The third-order valence-electron chi connectivity index (χ3n) is 9.72. The van der Waals surface area contributed by atoms with Gasteiger partial charge >= 0.3 is 0 Å². The first-order chi connectivity index (χ1) is 20.0. The molecule has 2 fully saturated rings. The van der Waals surface area contributed by atoms with E-state index >= 15 is 0 Å². The average molecular weight is 777 g/mol. The number of fused-ring (bicyclic) bond motifs is 2. The van der Waals surface area contributed by atoms with Gasteiger partial charge in [-0.1, -0.05) is 87.4 Å². The van der Waals surface area contributed by atoms with Crippen LogP contribution in [0.4, 0.5) is 0 Å². The fraction of sp³-hybridized carbons (Fsp3) is 0.625. The van der Waals surface area contributed by atoms with Gasteiger partial charge in [-0.2, -0.15) is 0 Å². The summed E-state index contributed by atoms with van der Waals surface area (Å²) in [6.45, 7) is 22.2. The summed E-state index contributed by atoms with van der Waals surface area (Å²) < 4.78 is 0. The molecule has 44 heavy (non-hydrogen) atoms. The van der Waals surface area contributed by atoms with Gasteiger partial charge in [0.2, 0.25) is 0 Å². The van der Waals surface area contributed by atoms with Crippen LogP contribution < -0.4 is 0 Å². The number of rotatable bonds is 4. The first-order valence-electron chi connectivity index (χ1n) is 16.8. The van der Waals surface area contributed by atoms with Gasteiger partial charge in [0.15, 0.2) is 0 Å². The molecule has 1 radical (unpaired) electrons. The molecule has 2 N–H and O–H groups in total.